The van der Waals surface area contributed by atoms with Gasteiger partial charge in [0.1, 0.15) is 0 Å². The summed E-state index contributed by atoms with van der Waals surface area (Å²) in [5.74, 6) is 0.809. The third-order valence-corrected chi connectivity index (χ3v) is 2.77. The van der Waals surface area contributed by atoms with E-state index in [0.29, 0.717) is 25.5 Å². The quantitative estimate of drug-likeness (QED) is 0.527. The van der Waals surface area contributed by atoms with Gasteiger partial charge in [0, 0.05) is 19.6 Å². The maximum Gasteiger partial charge on any atom is 0.220 e. The Hall–Kier alpha value is -0.610. The molecule has 1 amide bonds. The van der Waals surface area contributed by atoms with Crippen LogP contribution in [0.15, 0.2) is 0 Å². The first-order chi connectivity index (χ1) is 8.66. The number of hydrogen-bond donors (Lipinski definition) is 2. The average molecular weight is 258 g/mol. The van der Waals surface area contributed by atoms with Crippen molar-refractivity contribution in [1.29, 1.82) is 0 Å². The molecule has 0 aromatic heterocycles. The largest absolute Gasteiger partial charge is 0.380 e. The number of rotatable bonds is 12. The Morgan fingerprint density at radius 3 is 2.56 bits per heavy atom. The normalized spacial score (nSPS) is 10.9. The van der Waals surface area contributed by atoms with Crippen LogP contribution >= 0.6 is 0 Å². The molecule has 3 N–H and O–H groups in total. The van der Waals surface area contributed by atoms with Crippen molar-refractivity contribution in [3.63, 3.8) is 0 Å². The van der Waals surface area contributed by atoms with Crippen molar-refractivity contribution in [2.24, 2.45) is 11.7 Å². The lowest BCUT2D eigenvalue weighted by Crippen LogP contribution is -2.27. The molecule has 0 atom stereocenters. The van der Waals surface area contributed by atoms with Gasteiger partial charge in [0.15, 0.2) is 0 Å². The first-order valence-electron chi connectivity index (χ1n) is 7.21. The second kappa shape index (κ2) is 12.8. The molecule has 108 valence electrons. The highest BCUT2D eigenvalue weighted by atomic mass is 16.5. The van der Waals surface area contributed by atoms with Gasteiger partial charge in [0.25, 0.3) is 0 Å². The number of unbranched alkanes of at least 4 members (excludes halogenated alkanes) is 3. The summed E-state index contributed by atoms with van der Waals surface area (Å²) < 4.78 is 5.42. The van der Waals surface area contributed by atoms with Crippen molar-refractivity contribution in [3.8, 4) is 0 Å². The molecular formula is C14H30N2O2. The van der Waals surface area contributed by atoms with Crippen molar-refractivity contribution in [2.75, 3.05) is 26.3 Å². The molecule has 0 aromatic carbocycles. The SMILES string of the molecule is CC(C)CCOCCNC(=O)CCCCCCN. The lowest BCUT2D eigenvalue weighted by Gasteiger charge is -2.07. The molecule has 4 nitrogen and oxygen atoms in total. The van der Waals surface area contributed by atoms with Gasteiger partial charge in [-0.15, -0.1) is 0 Å². The number of hydrogen-bond acceptors (Lipinski definition) is 3. The van der Waals surface area contributed by atoms with E-state index in [9.17, 15) is 4.79 Å². The molecule has 0 spiro atoms. The maximum atomic E-state index is 11.4. The van der Waals surface area contributed by atoms with Gasteiger partial charge in [-0.25, -0.2) is 0 Å². The van der Waals surface area contributed by atoms with Crippen LogP contribution in [-0.4, -0.2) is 32.2 Å². The molecule has 0 radical (unpaired) electrons. The first kappa shape index (κ1) is 17.4. The second-order valence-corrected chi connectivity index (χ2v) is 5.10. The van der Waals surface area contributed by atoms with Crippen molar-refractivity contribution < 1.29 is 9.53 Å². The van der Waals surface area contributed by atoms with Gasteiger partial charge < -0.3 is 15.8 Å². The smallest absolute Gasteiger partial charge is 0.220 e. The summed E-state index contributed by atoms with van der Waals surface area (Å²) in [6, 6.07) is 0. The monoisotopic (exact) mass is 258 g/mol. The van der Waals surface area contributed by atoms with Gasteiger partial charge in [-0.2, -0.15) is 0 Å². The summed E-state index contributed by atoms with van der Waals surface area (Å²) in [5, 5.41) is 2.87. The fourth-order valence-corrected chi connectivity index (χ4v) is 1.56. The Balaban J connectivity index is 3.17. The molecule has 18 heavy (non-hydrogen) atoms. The Kier molecular flexibility index (Phi) is 12.4. The molecule has 4 heteroatoms. The van der Waals surface area contributed by atoms with Gasteiger partial charge in [0.05, 0.1) is 6.61 Å². The molecule has 0 unspecified atom stereocenters. The molecule has 0 aromatic rings. The fourth-order valence-electron chi connectivity index (χ4n) is 1.56. The zero-order valence-corrected chi connectivity index (χ0v) is 12.0. The molecular weight excluding hydrogens is 228 g/mol. The number of carbonyl (C=O) groups excluding carboxylic acids is 1. The Morgan fingerprint density at radius 2 is 1.89 bits per heavy atom. The van der Waals surface area contributed by atoms with Crippen LogP contribution in [0.3, 0.4) is 0 Å². The second-order valence-electron chi connectivity index (χ2n) is 5.10. The summed E-state index contributed by atoms with van der Waals surface area (Å²) in [5.41, 5.74) is 5.40. The summed E-state index contributed by atoms with van der Waals surface area (Å²) in [7, 11) is 0. The highest BCUT2D eigenvalue weighted by molar-refractivity contribution is 5.75. The van der Waals surface area contributed by atoms with E-state index in [1.165, 1.54) is 0 Å². The molecule has 0 bridgehead atoms. The molecule has 0 aliphatic carbocycles. The van der Waals surface area contributed by atoms with Crippen molar-refractivity contribution in [2.45, 2.75) is 52.4 Å². The fraction of sp³-hybridized carbons (Fsp3) is 0.929. The van der Waals surface area contributed by atoms with Gasteiger partial charge >= 0.3 is 0 Å². The van der Waals surface area contributed by atoms with Gasteiger partial charge in [-0.1, -0.05) is 26.7 Å². The zero-order chi connectivity index (χ0) is 13.6. The van der Waals surface area contributed by atoms with E-state index in [4.69, 9.17) is 10.5 Å². The van der Waals surface area contributed by atoms with Crippen LogP contribution in [-0.2, 0) is 9.53 Å². The zero-order valence-electron chi connectivity index (χ0n) is 12.0. The summed E-state index contributed by atoms with van der Waals surface area (Å²) in [6.45, 7) is 7.13. The third-order valence-electron chi connectivity index (χ3n) is 2.77. The van der Waals surface area contributed by atoms with E-state index in [-0.39, 0.29) is 5.91 Å². The van der Waals surface area contributed by atoms with Crippen LogP contribution in [0.2, 0.25) is 0 Å². The van der Waals surface area contributed by atoms with Crippen LogP contribution in [0, 0.1) is 5.92 Å². The lowest BCUT2D eigenvalue weighted by atomic mass is 10.1. The number of ether oxygens (including phenoxy) is 1. The minimum atomic E-state index is 0.134. The average Bonchev–Trinajstić information content (AvgIpc) is 2.33. The van der Waals surface area contributed by atoms with Gasteiger partial charge in [-0.3, -0.25) is 4.79 Å². The first-order valence-corrected chi connectivity index (χ1v) is 7.21. The molecule has 0 saturated heterocycles. The molecule has 0 heterocycles. The Labute approximate surface area is 112 Å². The van der Waals surface area contributed by atoms with Crippen molar-refractivity contribution >= 4 is 5.91 Å². The topological polar surface area (TPSA) is 64.3 Å². The summed E-state index contributed by atoms with van der Waals surface area (Å²) in [6.07, 6.45) is 5.94. The van der Waals surface area contributed by atoms with E-state index in [2.05, 4.69) is 19.2 Å². The van der Waals surface area contributed by atoms with E-state index in [1.54, 1.807) is 0 Å². The molecule has 0 saturated carbocycles. The Morgan fingerprint density at radius 1 is 1.17 bits per heavy atom. The predicted octanol–water partition coefficient (Wildman–Crippen LogP) is 2.07. The van der Waals surface area contributed by atoms with E-state index in [0.717, 1.165) is 45.3 Å². The minimum Gasteiger partial charge on any atom is -0.380 e. The van der Waals surface area contributed by atoms with Crippen molar-refractivity contribution in [3.05, 3.63) is 0 Å². The summed E-state index contributed by atoms with van der Waals surface area (Å²) >= 11 is 0. The van der Waals surface area contributed by atoms with Crippen LogP contribution < -0.4 is 11.1 Å². The lowest BCUT2D eigenvalue weighted by molar-refractivity contribution is -0.121. The third kappa shape index (κ3) is 13.5. The van der Waals surface area contributed by atoms with Gasteiger partial charge in [-0.05, 0) is 31.7 Å². The van der Waals surface area contributed by atoms with Crippen LogP contribution in [0.5, 0.6) is 0 Å². The van der Waals surface area contributed by atoms with Gasteiger partial charge in [0.2, 0.25) is 5.91 Å². The maximum absolute atomic E-state index is 11.4. The molecule has 0 fully saturated rings. The van der Waals surface area contributed by atoms with Crippen molar-refractivity contribution in [1.82, 2.24) is 5.32 Å². The van der Waals surface area contributed by atoms with E-state index in [1.807, 2.05) is 0 Å². The standard InChI is InChI=1S/C14H30N2O2/c1-13(2)8-11-18-12-10-16-14(17)7-5-3-4-6-9-15/h13H,3-12,15H2,1-2H3,(H,16,17). The highest BCUT2D eigenvalue weighted by Gasteiger charge is 2.00. The minimum absolute atomic E-state index is 0.134. The predicted molar refractivity (Wildman–Crippen MR) is 75.4 cm³/mol. The number of nitrogens with one attached hydrogen (secondary N) is 1. The van der Waals surface area contributed by atoms with Crippen LogP contribution in [0.4, 0.5) is 0 Å². The van der Waals surface area contributed by atoms with E-state index >= 15 is 0 Å². The molecule has 0 aliphatic heterocycles. The highest BCUT2D eigenvalue weighted by Crippen LogP contribution is 2.01. The van der Waals surface area contributed by atoms with Crippen LogP contribution in [0.1, 0.15) is 52.4 Å². The summed E-state index contributed by atoms with van der Waals surface area (Å²) in [4.78, 5) is 11.4. The van der Waals surface area contributed by atoms with E-state index < -0.39 is 0 Å². The number of carbonyl (C=O) groups is 1. The van der Waals surface area contributed by atoms with Crippen LogP contribution in [0.25, 0.3) is 0 Å². The number of nitrogens with two attached hydrogens (primary N) is 1. The number of amides is 1. The molecule has 0 aliphatic rings. The molecule has 0 rings (SSSR count). The Bertz CT molecular complexity index is 196.